The molecule has 1 N–H and O–H groups in total. The van der Waals surface area contributed by atoms with Crippen molar-refractivity contribution in [2.24, 2.45) is 5.92 Å². The lowest BCUT2D eigenvalue weighted by Gasteiger charge is -2.21. The van der Waals surface area contributed by atoms with Crippen LogP contribution in [0.2, 0.25) is 0 Å². The van der Waals surface area contributed by atoms with Gasteiger partial charge in [-0.3, -0.25) is 4.79 Å². The van der Waals surface area contributed by atoms with Crippen molar-refractivity contribution in [2.45, 2.75) is 44.6 Å². The van der Waals surface area contributed by atoms with Crippen molar-refractivity contribution in [3.63, 3.8) is 0 Å². The molecular formula is C12H21NO2. The number of Topliss-reactive ketones (excluding diaryl/α,β-unsaturated/α-hetero) is 1. The average molecular weight is 211 g/mol. The second kappa shape index (κ2) is 5.61. The summed E-state index contributed by atoms with van der Waals surface area (Å²) in [4.78, 5) is 11.9. The Hall–Kier alpha value is -0.410. The molecule has 2 aliphatic heterocycles. The summed E-state index contributed by atoms with van der Waals surface area (Å²) >= 11 is 0. The van der Waals surface area contributed by atoms with Gasteiger partial charge in [0.1, 0.15) is 5.78 Å². The molecule has 0 aromatic rings. The first kappa shape index (κ1) is 11.1. The number of rotatable bonds is 4. The molecule has 0 aromatic carbocycles. The van der Waals surface area contributed by atoms with Crippen LogP contribution < -0.4 is 5.32 Å². The van der Waals surface area contributed by atoms with E-state index < -0.39 is 0 Å². The molecule has 1 unspecified atom stereocenters. The van der Waals surface area contributed by atoms with Crippen LogP contribution in [0.15, 0.2) is 0 Å². The highest BCUT2D eigenvalue weighted by atomic mass is 16.5. The van der Waals surface area contributed by atoms with Crippen LogP contribution in [0, 0.1) is 5.92 Å². The Balaban J connectivity index is 1.66. The predicted molar refractivity (Wildman–Crippen MR) is 58.8 cm³/mol. The van der Waals surface area contributed by atoms with Gasteiger partial charge in [0.15, 0.2) is 0 Å². The third-order valence-electron chi connectivity index (χ3n) is 3.53. The monoisotopic (exact) mass is 211 g/mol. The quantitative estimate of drug-likeness (QED) is 0.766. The van der Waals surface area contributed by atoms with Gasteiger partial charge in [0.05, 0.1) is 6.10 Å². The van der Waals surface area contributed by atoms with E-state index in [1.54, 1.807) is 0 Å². The molecule has 0 bridgehead atoms. The van der Waals surface area contributed by atoms with Gasteiger partial charge >= 0.3 is 0 Å². The van der Waals surface area contributed by atoms with E-state index in [-0.39, 0.29) is 0 Å². The molecule has 1 atom stereocenters. The number of hydrogen-bond donors (Lipinski definition) is 1. The largest absolute Gasteiger partial charge is 0.378 e. The Bertz CT molecular complexity index is 206. The molecule has 0 saturated carbocycles. The standard InChI is InChI=1S/C12H21NO2/c14-12(10-5-7-13-8-6-10)4-3-11-2-1-9-15-11/h10-11,13H,1-9H2. The lowest BCUT2D eigenvalue weighted by molar-refractivity contribution is -0.124. The van der Waals surface area contributed by atoms with Crippen LogP contribution in [0.4, 0.5) is 0 Å². The molecule has 2 saturated heterocycles. The Morgan fingerprint density at radius 1 is 1.27 bits per heavy atom. The fourth-order valence-corrected chi connectivity index (χ4v) is 2.52. The zero-order valence-electron chi connectivity index (χ0n) is 9.34. The van der Waals surface area contributed by atoms with Crippen LogP contribution in [0.1, 0.15) is 38.5 Å². The molecule has 0 amide bonds. The fraction of sp³-hybridized carbons (Fsp3) is 0.917. The van der Waals surface area contributed by atoms with Crippen molar-refractivity contribution in [3.8, 4) is 0 Å². The fourth-order valence-electron chi connectivity index (χ4n) is 2.52. The highest BCUT2D eigenvalue weighted by molar-refractivity contribution is 5.81. The summed E-state index contributed by atoms with van der Waals surface area (Å²) in [6, 6.07) is 0. The number of ether oxygens (including phenoxy) is 1. The molecule has 0 aliphatic carbocycles. The van der Waals surface area contributed by atoms with Crippen LogP contribution in [0.3, 0.4) is 0 Å². The maximum absolute atomic E-state index is 11.9. The maximum atomic E-state index is 11.9. The first-order valence-corrected chi connectivity index (χ1v) is 6.21. The molecule has 3 nitrogen and oxygen atoms in total. The number of carbonyl (C=O) groups excluding carboxylic acids is 1. The van der Waals surface area contributed by atoms with Gasteiger partial charge in [-0.1, -0.05) is 0 Å². The van der Waals surface area contributed by atoms with E-state index in [2.05, 4.69) is 5.32 Å². The maximum Gasteiger partial charge on any atom is 0.136 e. The number of ketones is 1. The van der Waals surface area contributed by atoms with Gasteiger partial charge < -0.3 is 10.1 Å². The minimum atomic E-state index is 0.327. The molecule has 15 heavy (non-hydrogen) atoms. The van der Waals surface area contributed by atoms with Crippen LogP contribution >= 0.6 is 0 Å². The summed E-state index contributed by atoms with van der Waals surface area (Å²) in [5.74, 6) is 0.791. The first-order valence-electron chi connectivity index (χ1n) is 6.21. The third-order valence-corrected chi connectivity index (χ3v) is 3.53. The van der Waals surface area contributed by atoms with E-state index in [0.29, 0.717) is 17.8 Å². The van der Waals surface area contributed by atoms with Crippen molar-refractivity contribution in [1.82, 2.24) is 5.32 Å². The predicted octanol–water partition coefficient (Wildman–Crippen LogP) is 1.51. The van der Waals surface area contributed by atoms with Crippen LogP contribution in [0.25, 0.3) is 0 Å². The van der Waals surface area contributed by atoms with E-state index in [9.17, 15) is 4.79 Å². The van der Waals surface area contributed by atoms with E-state index >= 15 is 0 Å². The van der Waals surface area contributed by atoms with Crippen LogP contribution in [0.5, 0.6) is 0 Å². The van der Waals surface area contributed by atoms with Gasteiger partial charge in [0.2, 0.25) is 0 Å². The molecule has 86 valence electrons. The second-order valence-corrected chi connectivity index (χ2v) is 4.66. The molecule has 2 rings (SSSR count). The Kier molecular flexibility index (Phi) is 4.15. The molecule has 2 heterocycles. The van der Waals surface area contributed by atoms with Crippen molar-refractivity contribution in [2.75, 3.05) is 19.7 Å². The van der Waals surface area contributed by atoms with Gasteiger partial charge in [0.25, 0.3) is 0 Å². The van der Waals surface area contributed by atoms with E-state index in [1.807, 2.05) is 0 Å². The van der Waals surface area contributed by atoms with Crippen molar-refractivity contribution < 1.29 is 9.53 Å². The zero-order chi connectivity index (χ0) is 10.5. The molecule has 2 fully saturated rings. The Morgan fingerprint density at radius 2 is 2.07 bits per heavy atom. The molecule has 0 radical (unpaired) electrons. The van der Waals surface area contributed by atoms with Gasteiger partial charge in [-0.15, -0.1) is 0 Å². The summed E-state index contributed by atoms with van der Waals surface area (Å²) in [6.45, 7) is 2.92. The Morgan fingerprint density at radius 3 is 2.73 bits per heavy atom. The molecule has 3 heteroatoms. The van der Waals surface area contributed by atoms with E-state index in [4.69, 9.17) is 4.74 Å². The average Bonchev–Trinajstić information content (AvgIpc) is 2.80. The van der Waals surface area contributed by atoms with Crippen LogP contribution in [-0.2, 0) is 9.53 Å². The van der Waals surface area contributed by atoms with Gasteiger partial charge in [-0.2, -0.15) is 0 Å². The van der Waals surface area contributed by atoms with E-state index in [1.165, 1.54) is 6.42 Å². The highest BCUT2D eigenvalue weighted by Crippen LogP contribution is 2.20. The van der Waals surface area contributed by atoms with Crippen molar-refractivity contribution >= 4 is 5.78 Å². The number of carbonyl (C=O) groups is 1. The lowest BCUT2D eigenvalue weighted by Crippen LogP contribution is -2.32. The summed E-state index contributed by atoms with van der Waals surface area (Å²) in [7, 11) is 0. The lowest BCUT2D eigenvalue weighted by atomic mass is 9.90. The number of nitrogens with one attached hydrogen (secondary N) is 1. The minimum absolute atomic E-state index is 0.327. The second-order valence-electron chi connectivity index (χ2n) is 4.66. The van der Waals surface area contributed by atoms with Crippen molar-refractivity contribution in [3.05, 3.63) is 0 Å². The summed E-state index contributed by atoms with van der Waals surface area (Å²) < 4.78 is 5.53. The normalized spacial score (nSPS) is 28.1. The SMILES string of the molecule is O=C(CCC1CCCO1)C1CCNCC1. The first-order chi connectivity index (χ1) is 7.36. The topological polar surface area (TPSA) is 38.3 Å². The molecule has 2 aliphatic rings. The van der Waals surface area contributed by atoms with Crippen molar-refractivity contribution in [1.29, 1.82) is 0 Å². The molecular weight excluding hydrogens is 190 g/mol. The molecule has 0 aromatic heterocycles. The highest BCUT2D eigenvalue weighted by Gasteiger charge is 2.22. The summed E-state index contributed by atoms with van der Waals surface area (Å²) in [5.41, 5.74) is 0. The molecule has 0 spiro atoms. The zero-order valence-corrected chi connectivity index (χ0v) is 9.34. The van der Waals surface area contributed by atoms with Crippen LogP contribution in [-0.4, -0.2) is 31.6 Å². The minimum Gasteiger partial charge on any atom is -0.378 e. The smallest absolute Gasteiger partial charge is 0.136 e. The number of hydrogen-bond acceptors (Lipinski definition) is 3. The Labute approximate surface area is 91.6 Å². The van der Waals surface area contributed by atoms with Gasteiger partial charge in [0, 0.05) is 18.9 Å². The summed E-state index contributed by atoms with van der Waals surface area (Å²) in [6.07, 6.45) is 6.44. The van der Waals surface area contributed by atoms with E-state index in [0.717, 1.165) is 51.8 Å². The van der Waals surface area contributed by atoms with Gasteiger partial charge in [-0.25, -0.2) is 0 Å². The van der Waals surface area contributed by atoms with Gasteiger partial charge in [-0.05, 0) is 45.2 Å². The summed E-state index contributed by atoms with van der Waals surface area (Å²) in [5, 5.41) is 3.29. The third kappa shape index (κ3) is 3.28. The number of piperidine rings is 1.